The molecule has 0 unspecified atom stereocenters. The molecule has 2 aliphatic rings. The average molecular weight is 690 g/mol. The summed E-state index contributed by atoms with van der Waals surface area (Å²) in [4.78, 5) is 33.4. The van der Waals surface area contributed by atoms with E-state index in [2.05, 4.69) is 43.4 Å². The first kappa shape index (κ1) is 34.8. The third-order valence-corrected chi connectivity index (χ3v) is 10.9. The van der Waals surface area contributed by atoms with E-state index >= 15 is 0 Å². The van der Waals surface area contributed by atoms with Crippen LogP contribution in [0.4, 0.5) is 13.2 Å². The van der Waals surface area contributed by atoms with Gasteiger partial charge in [-0.15, -0.1) is 11.3 Å². The third kappa shape index (κ3) is 8.07. The molecule has 0 bridgehead atoms. The van der Waals surface area contributed by atoms with Crippen LogP contribution in [0.15, 0.2) is 78.2 Å². The molecule has 0 radical (unpaired) electrons. The first-order valence-corrected chi connectivity index (χ1v) is 17.7. The summed E-state index contributed by atoms with van der Waals surface area (Å²) >= 11 is 1.48. The number of carbonyl (C=O) groups excluding carboxylic acids is 2. The van der Waals surface area contributed by atoms with Gasteiger partial charge in [-0.05, 0) is 89.8 Å². The third-order valence-electron chi connectivity index (χ3n) is 9.90. The van der Waals surface area contributed by atoms with Crippen molar-refractivity contribution in [2.45, 2.75) is 64.5 Å². The van der Waals surface area contributed by atoms with Gasteiger partial charge >= 0.3 is 6.18 Å². The number of alkyl halides is 3. The lowest BCUT2D eigenvalue weighted by Crippen LogP contribution is -2.51. The van der Waals surface area contributed by atoms with Crippen molar-refractivity contribution in [1.82, 2.24) is 15.2 Å². The number of amides is 2. The number of carbonyl (C=O) groups is 2. The van der Waals surface area contributed by atoms with Gasteiger partial charge in [-0.2, -0.15) is 13.2 Å². The number of piperidine rings is 1. The molecule has 3 aromatic carbocycles. The average Bonchev–Trinajstić information content (AvgIpc) is 3.58. The number of benzene rings is 3. The molecule has 6 nitrogen and oxygen atoms in total. The molecule has 4 aromatic rings. The molecule has 0 spiro atoms. The number of rotatable bonds is 10. The molecule has 49 heavy (non-hydrogen) atoms. The Hall–Kier alpha value is -4.02. The van der Waals surface area contributed by atoms with E-state index in [0.29, 0.717) is 61.3 Å². The fourth-order valence-electron chi connectivity index (χ4n) is 7.87. The summed E-state index contributed by atoms with van der Waals surface area (Å²) in [5, 5.41) is 15.1. The van der Waals surface area contributed by atoms with E-state index in [0.717, 1.165) is 42.0 Å². The van der Waals surface area contributed by atoms with Crippen molar-refractivity contribution in [3.8, 4) is 11.1 Å². The smallest absolute Gasteiger partial charge is 0.396 e. The van der Waals surface area contributed by atoms with Crippen LogP contribution in [0.25, 0.3) is 11.1 Å². The van der Waals surface area contributed by atoms with Gasteiger partial charge < -0.3 is 15.3 Å². The number of aliphatic hydroxyl groups excluding tert-OH is 1. The Morgan fingerprint density at radius 3 is 2.24 bits per heavy atom. The van der Waals surface area contributed by atoms with E-state index < -0.39 is 11.7 Å². The van der Waals surface area contributed by atoms with E-state index in [4.69, 9.17) is 4.98 Å². The van der Waals surface area contributed by atoms with Gasteiger partial charge in [0, 0.05) is 43.1 Å². The quantitative estimate of drug-likeness (QED) is 0.176. The standard InChI is InChI=1S/C39H42F3N3O3S/c1-37(2)23-38(24-37,21-27-9-7-26(8-10-27)17-20-46)25-43-34(47)33-22-49-35(44-33)29-15-18-45(19-16-29)36(48)32-6-4-3-5-31(32)28-11-13-30(14-12-28)39(40,41)42/h3-14,22,29,46H,15-21,23-25H2,1-2H3,(H,43,47). The number of nitrogens with one attached hydrogen (secondary N) is 1. The molecular weight excluding hydrogens is 648 g/mol. The number of hydrogen-bond acceptors (Lipinski definition) is 5. The van der Waals surface area contributed by atoms with Crippen LogP contribution in [0.1, 0.15) is 88.0 Å². The van der Waals surface area contributed by atoms with Gasteiger partial charge in [-0.3, -0.25) is 9.59 Å². The van der Waals surface area contributed by atoms with Gasteiger partial charge in [0.25, 0.3) is 11.8 Å². The van der Waals surface area contributed by atoms with Crippen LogP contribution in [-0.2, 0) is 19.0 Å². The van der Waals surface area contributed by atoms with E-state index in [1.54, 1.807) is 29.2 Å². The van der Waals surface area contributed by atoms with E-state index in [1.165, 1.54) is 29.0 Å². The maximum atomic E-state index is 13.6. The largest absolute Gasteiger partial charge is 0.416 e. The second-order valence-electron chi connectivity index (χ2n) is 14.4. The molecule has 2 heterocycles. The predicted octanol–water partition coefficient (Wildman–Crippen LogP) is 8.16. The van der Waals surface area contributed by atoms with Crippen LogP contribution < -0.4 is 5.32 Å². The van der Waals surface area contributed by atoms with Gasteiger partial charge in [-0.25, -0.2) is 4.98 Å². The Labute approximate surface area is 289 Å². The van der Waals surface area contributed by atoms with Crippen LogP contribution in [0.2, 0.25) is 0 Å². The zero-order chi connectivity index (χ0) is 34.8. The minimum absolute atomic E-state index is 0.0129. The lowest BCUT2D eigenvalue weighted by atomic mass is 9.52. The number of aliphatic hydroxyl groups is 1. The molecule has 1 saturated heterocycles. The fourth-order valence-corrected chi connectivity index (χ4v) is 8.85. The molecule has 1 aliphatic heterocycles. The van der Waals surface area contributed by atoms with Crippen molar-refractivity contribution in [3.05, 3.63) is 111 Å². The number of hydrogen-bond donors (Lipinski definition) is 2. The molecule has 1 aromatic heterocycles. The first-order valence-electron chi connectivity index (χ1n) is 16.8. The Morgan fingerprint density at radius 1 is 0.959 bits per heavy atom. The molecule has 1 saturated carbocycles. The predicted molar refractivity (Wildman–Crippen MR) is 186 cm³/mol. The summed E-state index contributed by atoms with van der Waals surface area (Å²) in [6.07, 6.45) is 0.553. The van der Waals surface area contributed by atoms with Crippen LogP contribution in [0.5, 0.6) is 0 Å². The topological polar surface area (TPSA) is 82.5 Å². The van der Waals surface area contributed by atoms with Crippen molar-refractivity contribution in [2.75, 3.05) is 26.2 Å². The van der Waals surface area contributed by atoms with Crippen molar-refractivity contribution < 1.29 is 27.9 Å². The number of aromatic nitrogens is 1. The van der Waals surface area contributed by atoms with Crippen LogP contribution in [-0.4, -0.2) is 53.0 Å². The van der Waals surface area contributed by atoms with Crippen LogP contribution >= 0.6 is 11.3 Å². The van der Waals surface area contributed by atoms with Gasteiger partial charge in [0.15, 0.2) is 0 Å². The highest BCUT2D eigenvalue weighted by atomic mass is 32.1. The monoisotopic (exact) mass is 689 g/mol. The second kappa shape index (κ2) is 14.1. The van der Waals surface area contributed by atoms with Crippen molar-refractivity contribution >= 4 is 23.2 Å². The van der Waals surface area contributed by atoms with E-state index in [9.17, 15) is 27.9 Å². The summed E-state index contributed by atoms with van der Waals surface area (Å²) in [5.41, 5.74) is 3.87. The Kier molecular flexibility index (Phi) is 10.0. The Balaban J connectivity index is 1.05. The number of nitrogens with zero attached hydrogens (tertiary/aromatic N) is 2. The van der Waals surface area contributed by atoms with Gasteiger partial charge in [0.05, 0.1) is 10.6 Å². The minimum atomic E-state index is -4.42. The van der Waals surface area contributed by atoms with E-state index in [-0.39, 0.29) is 35.2 Å². The molecule has 6 rings (SSSR count). The number of halogens is 3. The number of thiazole rings is 1. The Morgan fingerprint density at radius 2 is 1.61 bits per heavy atom. The van der Waals surface area contributed by atoms with E-state index in [1.807, 2.05) is 5.38 Å². The molecule has 258 valence electrons. The summed E-state index contributed by atoms with van der Waals surface area (Å²) in [6.45, 7) is 6.28. The lowest BCUT2D eigenvalue weighted by molar-refractivity contribution is -0.137. The minimum Gasteiger partial charge on any atom is -0.396 e. The van der Waals surface area contributed by atoms with Gasteiger partial charge in [-0.1, -0.05) is 68.4 Å². The first-order chi connectivity index (χ1) is 23.3. The van der Waals surface area contributed by atoms with Gasteiger partial charge in [0.1, 0.15) is 5.69 Å². The summed E-state index contributed by atoms with van der Waals surface area (Å²) < 4.78 is 39.3. The highest BCUT2D eigenvalue weighted by Crippen LogP contribution is 2.55. The molecule has 2 N–H and O–H groups in total. The highest BCUT2D eigenvalue weighted by molar-refractivity contribution is 7.09. The summed E-state index contributed by atoms with van der Waals surface area (Å²) in [7, 11) is 0. The number of likely N-dealkylation sites (tertiary alicyclic amines) is 1. The SMILES string of the molecule is CC1(C)CC(CNC(=O)c2csc(C3CCN(C(=O)c4ccccc4-c4ccc(C(F)(F)F)cc4)CC3)n2)(Cc2ccc(CCO)cc2)C1. The van der Waals surface area contributed by atoms with Crippen LogP contribution in [0, 0.1) is 10.8 Å². The maximum Gasteiger partial charge on any atom is 0.416 e. The van der Waals surface area contributed by atoms with Crippen molar-refractivity contribution in [2.24, 2.45) is 10.8 Å². The molecule has 1 aliphatic carbocycles. The lowest BCUT2D eigenvalue weighted by Gasteiger charge is -2.54. The molecule has 2 fully saturated rings. The van der Waals surface area contributed by atoms with Crippen molar-refractivity contribution in [1.29, 1.82) is 0 Å². The zero-order valence-electron chi connectivity index (χ0n) is 27.9. The Bertz CT molecular complexity index is 1770. The molecule has 10 heteroatoms. The van der Waals surface area contributed by atoms with Crippen molar-refractivity contribution in [3.63, 3.8) is 0 Å². The normalized spacial score (nSPS) is 17.4. The second-order valence-corrected chi connectivity index (χ2v) is 15.3. The zero-order valence-corrected chi connectivity index (χ0v) is 28.7. The van der Waals surface area contributed by atoms with Gasteiger partial charge in [0.2, 0.25) is 0 Å². The molecule has 0 atom stereocenters. The summed E-state index contributed by atoms with van der Waals surface area (Å²) in [6, 6.07) is 20.3. The van der Waals surface area contributed by atoms with Crippen LogP contribution in [0.3, 0.4) is 0 Å². The molecular formula is C39H42F3N3O3S. The molecule has 2 amide bonds. The summed E-state index contributed by atoms with van der Waals surface area (Å²) in [5.74, 6) is -0.187. The maximum absolute atomic E-state index is 13.6. The fraction of sp³-hybridized carbons (Fsp3) is 0.410. The highest BCUT2D eigenvalue weighted by Gasteiger charge is 2.49.